The van der Waals surface area contributed by atoms with Crippen LogP contribution in [0.15, 0.2) is 85.2 Å². The number of aromatic nitrogens is 2. The fourth-order valence-corrected chi connectivity index (χ4v) is 4.76. The number of ether oxygens (including phenoxy) is 1. The molecule has 1 fully saturated rings. The monoisotopic (exact) mass is 478 g/mol. The molecule has 0 amide bonds. The summed E-state index contributed by atoms with van der Waals surface area (Å²) in [6.45, 7) is 0. The molecule has 0 bridgehead atoms. The molecule has 2 atom stereocenters. The number of hydrogen-bond donors (Lipinski definition) is 1. The van der Waals surface area contributed by atoms with Crippen molar-refractivity contribution in [3.63, 3.8) is 0 Å². The van der Waals surface area contributed by atoms with Gasteiger partial charge in [0.2, 0.25) is 0 Å². The standard InChI is InChI=1S/C25H20ClFN4OS/c1-32-22-10-3-2-8-20(22)31-24(23(29-25(31)33)19-7-4-5-13-28-19)21-9-6-14-30(21)16-11-12-18(27)17(26)15-16/h2-15,23-24H,1H3,(H,29,33)/t23-,24+/m0/s1. The molecule has 33 heavy (non-hydrogen) atoms. The molecule has 4 aromatic rings. The zero-order valence-electron chi connectivity index (χ0n) is 17.7. The van der Waals surface area contributed by atoms with Crippen LogP contribution in [0.2, 0.25) is 5.02 Å². The molecule has 1 aliphatic rings. The van der Waals surface area contributed by atoms with E-state index in [1.807, 2.05) is 70.3 Å². The van der Waals surface area contributed by atoms with E-state index in [0.717, 1.165) is 22.8 Å². The lowest BCUT2D eigenvalue weighted by Gasteiger charge is -2.30. The SMILES string of the molecule is COc1ccccc1N1C(=S)N[C@@H](c2ccccn2)[C@H]1c1cccn1-c1ccc(F)c(Cl)c1. The Balaban J connectivity index is 1.69. The van der Waals surface area contributed by atoms with Crippen LogP contribution >= 0.6 is 23.8 Å². The highest BCUT2D eigenvalue weighted by atomic mass is 35.5. The molecule has 0 aliphatic carbocycles. The van der Waals surface area contributed by atoms with Crippen molar-refractivity contribution in [3.05, 3.63) is 107 Å². The Morgan fingerprint density at radius 1 is 1.06 bits per heavy atom. The van der Waals surface area contributed by atoms with E-state index in [1.54, 1.807) is 25.4 Å². The number of nitrogens with one attached hydrogen (secondary N) is 1. The average Bonchev–Trinajstić information content (AvgIpc) is 3.45. The number of anilines is 1. The van der Waals surface area contributed by atoms with Crippen LogP contribution in [0, 0.1) is 5.82 Å². The zero-order chi connectivity index (χ0) is 22.9. The van der Waals surface area contributed by atoms with Gasteiger partial charge >= 0.3 is 0 Å². The van der Waals surface area contributed by atoms with Gasteiger partial charge in [0.05, 0.1) is 29.6 Å². The van der Waals surface area contributed by atoms with Crippen molar-refractivity contribution < 1.29 is 9.13 Å². The molecule has 0 unspecified atom stereocenters. The predicted molar refractivity (Wildman–Crippen MR) is 132 cm³/mol. The maximum absolute atomic E-state index is 13.8. The smallest absolute Gasteiger partial charge is 0.174 e. The summed E-state index contributed by atoms with van der Waals surface area (Å²) < 4.78 is 21.5. The summed E-state index contributed by atoms with van der Waals surface area (Å²) in [5.74, 6) is 0.246. The minimum absolute atomic E-state index is 0.0649. The first-order valence-electron chi connectivity index (χ1n) is 10.3. The van der Waals surface area contributed by atoms with Gasteiger partial charge in [0, 0.05) is 23.8 Å². The van der Waals surface area contributed by atoms with Crippen LogP contribution in [0.3, 0.4) is 0 Å². The highest BCUT2D eigenvalue weighted by Gasteiger charge is 2.43. The number of benzene rings is 2. The van der Waals surface area contributed by atoms with E-state index in [9.17, 15) is 4.39 Å². The van der Waals surface area contributed by atoms with Gasteiger partial charge in [-0.15, -0.1) is 0 Å². The van der Waals surface area contributed by atoms with Crippen molar-refractivity contribution in [3.8, 4) is 11.4 Å². The highest BCUT2D eigenvalue weighted by molar-refractivity contribution is 7.80. The number of halogens is 2. The number of para-hydroxylation sites is 2. The van der Waals surface area contributed by atoms with Gasteiger partial charge in [-0.05, 0) is 66.8 Å². The summed E-state index contributed by atoms with van der Waals surface area (Å²) in [5, 5.41) is 4.07. The molecule has 5 nitrogen and oxygen atoms in total. The Morgan fingerprint density at radius 2 is 1.88 bits per heavy atom. The second-order valence-corrected chi connectivity index (χ2v) is 8.36. The second-order valence-electron chi connectivity index (χ2n) is 7.57. The molecule has 1 N–H and O–H groups in total. The van der Waals surface area contributed by atoms with Crippen molar-refractivity contribution in [1.82, 2.24) is 14.9 Å². The fraction of sp³-hybridized carbons (Fsp3) is 0.120. The second kappa shape index (κ2) is 8.84. The lowest BCUT2D eigenvalue weighted by atomic mass is 10.0. The van der Waals surface area contributed by atoms with Crippen LogP contribution in [0.1, 0.15) is 23.5 Å². The van der Waals surface area contributed by atoms with Gasteiger partial charge in [-0.3, -0.25) is 4.98 Å². The Bertz CT molecular complexity index is 1310. The minimum atomic E-state index is -0.458. The maximum atomic E-state index is 13.8. The molecular weight excluding hydrogens is 459 g/mol. The molecule has 2 aromatic carbocycles. The first kappa shape index (κ1) is 21.4. The van der Waals surface area contributed by atoms with E-state index in [4.69, 9.17) is 28.6 Å². The largest absolute Gasteiger partial charge is 0.495 e. The number of methoxy groups -OCH3 is 1. The minimum Gasteiger partial charge on any atom is -0.495 e. The quantitative estimate of drug-likeness (QED) is 0.364. The van der Waals surface area contributed by atoms with Gasteiger partial charge in [-0.2, -0.15) is 0 Å². The Labute approximate surface area is 201 Å². The molecule has 8 heteroatoms. The maximum Gasteiger partial charge on any atom is 0.174 e. The van der Waals surface area contributed by atoms with Crippen LogP contribution in [0.4, 0.5) is 10.1 Å². The first-order chi connectivity index (χ1) is 16.1. The summed E-state index contributed by atoms with van der Waals surface area (Å²) in [6.07, 6.45) is 3.69. The van der Waals surface area contributed by atoms with Gasteiger partial charge in [0.25, 0.3) is 0 Å². The van der Waals surface area contributed by atoms with E-state index in [0.29, 0.717) is 10.9 Å². The van der Waals surface area contributed by atoms with Crippen LogP contribution in [-0.2, 0) is 0 Å². The van der Waals surface area contributed by atoms with Crippen LogP contribution in [0.25, 0.3) is 5.69 Å². The van der Waals surface area contributed by atoms with Gasteiger partial charge in [0.15, 0.2) is 5.11 Å². The molecule has 166 valence electrons. The summed E-state index contributed by atoms with van der Waals surface area (Å²) in [6, 6.07) is 21.7. The Hall–Kier alpha value is -3.42. The normalized spacial score (nSPS) is 17.8. The molecule has 0 saturated carbocycles. The predicted octanol–water partition coefficient (Wildman–Crippen LogP) is 5.85. The summed E-state index contributed by atoms with van der Waals surface area (Å²) >= 11 is 11.9. The van der Waals surface area contributed by atoms with Gasteiger partial charge < -0.3 is 19.5 Å². The zero-order valence-corrected chi connectivity index (χ0v) is 19.2. The van der Waals surface area contributed by atoms with E-state index < -0.39 is 5.82 Å². The van der Waals surface area contributed by atoms with E-state index in [2.05, 4.69) is 10.3 Å². The van der Waals surface area contributed by atoms with E-state index in [-0.39, 0.29) is 17.1 Å². The third-order valence-corrected chi connectivity index (χ3v) is 6.31. The van der Waals surface area contributed by atoms with Gasteiger partial charge in [-0.25, -0.2) is 4.39 Å². The molecule has 3 heterocycles. The lowest BCUT2D eigenvalue weighted by Crippen LogP contribution is -2.30. The molecule has 2 aromatic heterocycles. The average molecular weight is 479 g/mol. The Morgan fingerprint density at radius 3 is 2.64 bits per heavy atom. The summed E-state index contributed by atoms with van der Waals surface area (Å²) in [7, 11) is 1.64. The van der Waals surface area contributed by atoms with Crippen LogP contribution in [-0.4, -0.2) is 21.8 Å². The number of pyridine rings is 1. The molecule has 0 radical (unpaired) electrons. The van der Waals surface area contributed by atoms with Crippen molar-refractivity contribution in [2.75, 3.05) is 12.0 Å². The first-order valence-corrected chi connectivity index (χ1v) is 11.1. The lowest BCUT2D eigenvalue weighted by molar-refractivity contribution is 0.414. The van der Waals surface area contributed by atoms with Crippen molar-refractivity contribution in [1.29, 1.82) is 0 Å². The highest BCUT2D eigenvalue weighted by Crippen LogP contribution is 2.44. The molecular formula is C25H20ClFN4OS. The molecule has 1 aliphatic heterocycles. The number of rotatable bonds is 5. The van der Waals surface area contributed by atoms with Gasteiger partial charge in [-0.1, -0.05) is 29.8 Å². The Kier molecular flexibility index (Phi) is 5.74. The van der Waals surface area contributed by atoms with Crippen LogP contribution in [0.5, 0.6) is 5.75 Å². The number of thiocarbonyl (C=S) groups is 1. The number of nitrogens with zero attached hydrogens (tertiary/aromatic N) is 3. The van der Waals surface area contributed by atoms with Crippen molar-refractivity contribution in [2.24, 2.45) is 0 Å². The van der Waals surface area contributed by atoms with Crippen LogP contribution < -0.4 is 15.0 Å². The van der Waals surface area contributed by atoms with E-state index in [1.165, 1.54) is 6.07 Å². The summed E-state index contributed by atoms with van der Waals surface area (Å²) in [5.41, 5.74) is 3.38. The fourth-order valence-electron chi connectivity index (χ4n) is 4.25. The molecule has 0 spiro atoms. The van der Waals surface area contributed by atoms with Crippen molar-refractivity contribution >= 4 is 34.6 Å². The summed E-state index contributed by atoms with van der Waals surface area (Å²) in [4.78, 5) is 6.64. The van der Waals surface area contributed by atoms with Gasteiger partial charge in [0.1, 0.15) is 17.6 Å². The third-order valence-electron chi connectivity index (χ3n) is 5.71. The molecule has 5 rings (SSSR count). The third kappa shape index (κ3) is 3.83. The van der Waals surface area contributed by atoms with E-state index >= 15 is 0 Å². The topological polar surface area (TPSA) is 42.3 Å². The molecule has 1 saturated heterocycles. The van der Waals surface area contributed by atoms with Crippen molar-refractivity contribution in [2.45, 2.75) is 12.1 Å². The number of hydrogen-bond acceptors (Lipinski definition) is 3.